The van der Waals surface area contributed by atoms with E-state index in [0.717, 1.165) is 0 Å². The summed E-state index contributed by atoms with van der Waals surface area (Å²) in [6.07, 6.45) is 4.45. The summed E-state index contributed by atoms with van der Waals surface area (Å²) in [7, 11) is 4.96. The number of amides is 5. The minimum absolute atomic E-state index is 0.0354. The van der Waals surface area contributed by atoms with Gasteiger partial charge in [-0.25, -0.2) is 0 Å². The molecule has 244 valence electrons. The molecule has 47 heavy (non-hydrogen) atoms. The lowest BCUT2D eigenvalue weighted by Crippen LogP contribution is -2.28. The van der Waals surface area contributed by atoms with E-state index < -0.39 is 23.8 Å². The number of amidine groups is 1. The van der Waals surface area contributed by atoms with Crippen LogP contribution in [-0.2, 0) is 30.7 Å². The molecule has 1 saturated heterocycles. The molecule has 0 aliphatic carbocycles. The van der Waals surface area contributed by atoms with Crippen molar-refractivity contribution in [2.45, 2.75) is 12.5 Å². The van der Waals surface area contributed by atoms with E-state index in [-0.39, 0.29) is 47.6 Å². The molecule has 0 spiro atoms. The van der Waals surface area contributed by atoms with Crippen LogP contribution in [0.15, 0.2) is 61.1 Å². The number of nitrogens with one attached hydrogen (secondary N) is 6. The van der Waals surface area contributed by atoms with Crippen molar-refractivity contribution in [3.05, 3.63) is 83.7 Å². The fourth-order valence-corrected chi connectivity index (χ4v) is 4.77. The molecule has 1 fully saturated rings. The highest BCUT2D eigenvalue weighted by Crippen LogP contribution is 2.22. The van der Waals surface area contributed by atoms with Crippen molar-refractivity contribution in [1.82, 2.24) is 19.0 Å². The third-order valence-corrected chi connectivity index (χ3v) is 7.22. The molecule has 4 aromatic rings. The highest BCUT2D eigenvalue weighted by atomic mass is 16.6. The highest BCUT2D eigenvalue weighted by Gasteiger charge is 2.32. The zero-order chi connectivity index (χ0) is 33.8. The van der Waals surface area contributed by atoms with Gasteiger partial charge in [-0.3, -0.25) is 29.4 Å². The van der Waals surface area contributed by atoms with Crippen molar-refractivity contribution < 1.29 is 28.7 Å². The number of nitrogens with two attached hydrogens (primary N) is 1. The summed E-state index contributed by atoms with van der Waals surface area (Å²) in [4.78, 5) is 63.9. The average molecular weight is 643 g/mol. The Morgan fingerprint density at radius 1 is 0.766 bits per heavy atom. The van der Waals surface area contributed by atoms with Gasteiger partial charge in [0.15, 0.2) is 6.10 Å². The van der Waals surface area contributed by atoms with Crippen LogP contribution in [0.5, 0.6) is 0 Å². The first-order chi connectivity index (χ1) is 22.4. The molecule has 1 aromatic carbocycles. The van der Waals surface area contributed by atoms with Crippen LogP contribution in [0.3, 0.4) is 0 Å². The number of para-hydroxylation sites is 1. The summed E-state index contributed by atoms with van der Waals surface area (Å²) >= 11 is 0. The Morgan fingerprint density at radius 2 is 1.23 bits per heavy atom. The predicted octanol–water partition coefficient (Wildman–Crippen LogP) is 1.85. The maximum absolute atomic E-state index is 13.2. The number of benzene rings is 1. The van der Waals surface area contributed by atoms with E-state index in [2.05, 4.69) is 26.6 Å². The lowest BCUT2D eigenvalue weighted by atomic mass is 10.1. The Kier molecular flexibility index (Phi) is 9.23. The first kappa shape index (κ1) is 32.2. The lowest BCUT2D eigenvalue weighted by molar-refractivity contribution is -0.117. The van der Waals surface area contributed by atoms with E-state index in [4.69, 9.17) is 15.9 Å². The Bertz CT molecular complexity index is 1900. The number of aryl methyl sites for hydroxylation is 3. The van der Waals surface area contributed by atoms with Gasteiger partial charge in [0.25, 0.3) is 29.5 Å². The average Bonchev–Trinajstić information content (AvgIpc) is 3.58. The van der Waals surface area contributed by atoms with Crippen LogP contribution >= 0.6 is 0 Å². The van der Waals surface area contributed by atoms with Crippen LogP contribution in [0.25, 0.3) is 0 Å². The van der Waals surface area contributed by atoms with Gasteiger partial charge in [0.1, 0.15) is 17.1 Å². The standard InChI is InChI=1S/C31H34N10O6/c1-39-14-18(10-22(39)28(43)34-9-8-26(32)33)36-30(45)24-12-19(15-41(24)3)37-29(44)23-11-17(13-40(23)2)35-27(42)20-6-4-5-7-21(20)38-31(46)25-16-47-25/h4-7,10-15,25H,8-9,16H2,1-3H3,(H3,32,33)(H,34,43)(H,35,42)(H,36,45)(H,37,44)(H,38,46). The summed E-state index contributed by atoms with van der Waals surface area (Å²) in [5.41, 5.74) is 7.80. The fourth-order valence-electron chi connectivity index (χ4n) is 4.77. The zero-order valence-corrected chi connectivity index (χ0v) is 25.8. The van der Waals surface area contributed by atoms with E-state index in [9.17, 15) is 24.0 Å². The third kappa shape index (κ3) is 7.74. The summed E-state index contributed by atoms with van der Waals surface area (Å²) in [6, 6.07) is 11.1. The Labute approximate surface area is 268 Å². The van der Waals surface area contributed by atoms with Gasteiger partial charge in [0.05, 0.1) is 40.8 Å². The molecule has 5 amide bonds. The van der Waals surface area contributed by atoms with Crippen molar-refractivity contribution in [3.8, 4) is 0 Å². The Morgan fingerprint density at radius 3 is 1.72 bits per heavy atom. The van der Waals surface area contributed by atoms with E-state index in [1.807, 2.05) is 0 Å². The van der Waals surface area contributed by atoms with E-state index in [1.54, 1.807) is 77.7 Å². The third-order valence-electron chi connectivity index (χ3n) is 7.22. The number of aromatic nitrogens is 3. The molecule has 3 aromatic heterocycles. The molecule has 16 heteroatoms. The van der Waals surface area contributed by atoms with Crippen LogP contribution < -0.4 is 32.3 Å². The molecule has 8 N–H and O–H groups in total. The fraction of sp³-hybridized carbons (Fsp3) is 0.226. The molecule has 0 saturated carbocycles. The number of nitrogens with zero attached hydrogens (tertiary/aromatic N) is 3. The molecule has 1 aliphatic heterocycles. The molecule has 1 atom stereocenters. The van der Waals surface area contributed by atoms with E-state index >= 15 is 0 Å². The van der Waals surface area contributed by atoms with Gasteiger partial charge in [0.2, 0.25) is 0 Å². The molecule has 0 radical (unpaired) electrons. The summed E-state index contributed by atoms with van der Waals surface area (Å²) in [6.45, 7) is 0.553. The number of anilines is 4. The second-order valence-electron chi connectivity index (χ2n) is 10.9. The van der Waals surface area contributed by atoms with Crippen LogP contribution in [0.1, 0.15) is 48.2 Å². The quantitative estimate of drug-likeness (QED) is 0.0689. The zero-order valence-electron chi connectivity index (χ0n) is 25.8. The molecule has 1 aliphatic rings. The van der Waals surface area contributed by atoms with Crippen LogP contribution in [0, 0.1) is 5.41 Å². The van der Waals surface area contributed by atoms with Gasteiger partial charge in [-0.15, -0.1) is 0 Å². The van der Waals surface area contributed by atoms with E-state index in [1.165, 1.54) is 18.2 Å². The monoisotopic (exact) mass is 642 g/mol. The van der Waals surface area contributed by atoms with E-state index in [0.29, 0.717) is 35.1 Å². The van der Waals surface area contributed by atoms with Gasteiger partial charge in [-0.05, 0) is 30.3 Å². The second kappa shape index (κ2) is 13.5. The van der Waals surface area contributed by atoms with Gasteiger partial charge < -0.3 is 50.8 Å². The van der Waals surface area contributed by atoms with Gasteiger partial charge in [0, 0.05) is 52.7 Å². The van der Waals surface area contributed by atoms with Gasteiger partial charge in [-0.1, -0.05) is 12.1 Å². The molecule has 5 rings (SSSR count). The molecular formula is C31H34N10O6. The van der Waals surface area contributed by atoms with Crippen molar-refractivity contribution in [1.29, 1.82) is 5.41 Å². The Hall–Kier alpha value is -6.16. The molecule has 4 heterocycles. The van der Waals surface area contributed by atoms with Crippen LogP contribution in [-0.4, -0.2) is 68.3 Å². The minimum atomic E-state index is -0.515. The normalized spacial score (nSPS) is 13.4. The molecule has 16 nitrogen and oxygen atoms in total. The van der Waals surface area contributed by atoms with Gasteiger partial charge >= 0.3 is 0 Å². The summed E-state index contributed by atoms with van der Waals surface area (Å²) in [5.74, 6) is -2.17. The number of carbonyl (C=O) groups is 5. The number of ether oxygens (including phenoxy) is 1. The number of rotatable bonds is 12. The minimum Gasteiger partial charge on any atom is -0.388 e. The number of epoxide rings is 1. The molecular weight excluding hydrogens is 608 g/mol. The van der Waals surface area contributed by atoms with Crippen molar-refractivity contribution in [2.24, 2.45) is 26.9 Å². The first-order valence-electron chi connectivity index (χ1n) is 14.5. The molecule has 0 bridgehead atoms. The summed E-state index contributed by atoms with van der Waals surface area (Å²) < 4.78 is 9.65. The van der Waals surface area contributed by atoms with Gasteiger partial charge in [-0.2, -0.15) is 0 Å². The highest BCUT2D eigenvalue weighted by molar-refractivity contribution is 6.12. The van der Waals surface area contributed by atoms with Crippen molar-refractivity contribution in [3.63, 3.8) is 0 Å². The predicted molar refractivity (Wildman–Crippen MR) is 174 cm³/mol. The van der Waals surface area contributed by atoms with Crippen LogP contribution in [0.2, 0.25) is 0 Å². The maximum Gasteiger partial charge on any atom is 0.272 e. The number of carbonyl (C=O) groups excluding carboxylic acids is 5. The summed E-state index contributed by atoms with van der Waals surface area (Å²) in [5, 5.41) is 20.9. The second-order valence-corrected chi connectivity index (χ2v) is 10.9. The molecule has 1 unspecified atom stereocenters. The smallest absolute Gasteiger partial charge is 0.272 e. The number of hydrogen-bond acceptors (Lipinski definition) is 7. The topological polar surface area (TPSA) is 223 Å². The lowest BCUT2D eigenvalue weighted by Gasteiger charge is -2.10. The maximum atomic E-state index is 13.2. The first-order valence-corrected chi connectivity index (χ1v) is 14.5. The Balaban J connectivity index is 1.21. The van der Waals surface area contributed by atoms with Crippen molar-refractivity contribution >= 4 is 58.1 Å². The SMILES string of the molecule is Cn1cc(NC(=O)c2cc(NC(=O)c3cc(NC(=O)c4ccccc4NC(=O)C4CO4)cn3C)cn2C)cc1C(=O)NCCC(=N)N. The van der Waals surface area contributed by atoms with Crippen molar-refractivity contribution in [2.75, 3.05) is 34.4 Å². The number of hydrogen-bond donors (Lipinski definition) is 7. The largest absolute Gasteiger partial charge is 0.388 e. The van der Waals surface area contributed by atoms with Crippen LogP contribution in [0.4, 0.5) is 22.7 Å².